The van der Waals surface area contributed by atoms with E-state index in [-0.39, 0.29) is 11.4 Å². The van der Waals surface area contributed by atoms with Gasteiger partial charge in [0.2, 0.25) is 0 Å². The molecule has 1 aromatic heterocycles. The van der Waals surface area contributed by atoms with E-state index in [1.165, 1.54) is 18.3 Å². The summed E-state index contributed by atoms with van der Waals surface area (Å²) in [6.45, 7) is 0.415. The standard InChI is InChI=1S/C29H18F3I2N3O2/c30-29(31,32)21-10-6-9-20(15-21)27-36-25-12-5-4-11-22(25)28(38)37(27)35-16-19-13-23(33)26(24(34)14-19)39-17-18-7-2-1-3-8-18/h1-16H,17H2. The second-order valence-corrected chi connectivity index (χ2v) is 10.8. The minimum atomic E-state index is -4.54. The van der Waals surface area contributed by atoms with E-state index in [1.807, 2.05) is 42.5 Å². The van der Waals surface area contributed by atoms with E-state index in [1.54, 1.807) is 24.3 Å². The highest BCUT2D eigenvalue weighted by Crippen LogP contribution is 2.32. The van der Waals surface area contributed by atoms with Crippen molar-refractivity contribution in [3.8, 4) is 17.1 Å². The smallest absolute Gasteiger partial charge is 0.416 e. The van der Waals surface area contributed by atoms with Crippen molar-refractivity contribution in [3.05, 3.63) is 125 Å². The van der Waals surface area contributed by atoms with Gasteiger partial charge in [-0.1, -0.05) is 54.6 Å². The molecule has 39 heavy (non-hydrogen) atoms. The minimum absolute atomic E-state index is 0.00765. The number of hydrogen-bond acceptors (Lipinski definition) is 4. The van der Waals surface area contributed by atoms with E-state index in [0.717, 1.165) is 35.3 Å². The van der Waals surface area contributed by atoms with Crippen molar-refractivity contribution in [2.24, 2.45) is 5.10 Å². The van der Waals surface area contributed by atoms with Crippen molar-refractivity contribution >= 4 is 62.3 Å². The highest BCUT2D eigenvalue weighted by atomic mass is 127. The molecular weight excluding hydrogens is 733 g/mol. The topological polar surface area (TPSA) is 56.5 Å². The van der Waals surface area contributed by atoms with Crippen LogP contribution in [0.15, 0.2) is 101 Å². The number of nitrogens with zero attached hydrogens (tertiary/aromatic N) is 3. The number of benzene rings is 4. The van der Waals surface area contributed by atoms with Crippen LogP contribution in [0, 0.1) is 7.14 Å². The molecule has 0 bridgehead atoms. The van der Waals surface area contributed by atoms with Crippen molar-refractivity contribution in [1.29, 1.82) is 0 Å². The van der Waals surface area contributed by atoms with E-state index >= 15 is 0 Å². The van der Waals surface area contributed by atoms with Crippen molar-refractivity contribution in [1.82, 2.24) is 9.66 Å². The molecule has 0 atom stereocenters. The number of alkyl halides is 3. The summed E-state index contributed by atoms with van der Waals surface area (Å²) in [6.07, 6.45) is -3.06. The van der Waals surface area contributed by atoms with Crippen LogP contribution in [0.5, 0.6) is 5.75 Å². The lowest BCUT2D eigenvalue weighted by Gasteiger charge is -2.13. The van der Waals surface area contributed by atoms with Gasteiger partial charge in [-0.15, -0.1) is 0 Å². The monoisotopic (exact) mass is 751 g/mol. The molecule has 0 amide bonds. The Hall–Kier alpha value is -3.26. The molecule has 0 unspecified atom stereocenters. The molecule has 0 saturated carbocycles. The van der Waals surface area contributed by atoms with Gasteiger partial charge < -0.3 is 4.74 Å². The molecule has 5 nitrogen and oxygen atoms in total. The van der Waals surface area contributed by atoms with Crippen LogP contribution in [0.2, 0.25) is 0 Å². The molecule has 0 aliphatic rings. The van der Waals surface area contributed by atoms with Crippen LogP contribution in [0.3, 0.4) is 0 Å². The molecule has 0 N–H and O–H groups in total. The molecule has 10 heteroatoms. The lowest BCUT2D eigenvalue weighted by molar-refractivity contribution is -0.137. The van der Waals surface area contributed by atoms with Crippen LogP contribution in [-0.4, -0.2) is 15.9 Å². The summed E-state index contributed by atoms with van der Waals surface area (Å²) in [6, 6.07) is 24.9. The molecule has 5 rings (SSSR count). The van der Waals surface area contributed by atoms with E-state index < -0.39 is 17.3 Å². The molecule has 0 fully saturated rings. The zero-order valence-electron chi connectivity index (χ0n) is 20.0. The number of para-hydroxylation sites is 1. The van der Waals surface area contributed by atoms with Crippen LogP contribution in [-0.2, 0) is 12.8 Å². The molecule has 5 aromatic rings. The molecule has 0 radical (unpaired) electrons. The lowest BCUT2D eigenvalue weighted by Crippen LogP contribution is -2.20. The maximum Gasteiger partial charge on any atom is 0.416 e. The zero-order valence-corrected chi connectivity index (χ0v) is 24.3. The SMILES string of the molecule is O=c1c2ccccc2nc(-c2cccc(C(F)(F)F)c2)n1N=Cc1cc(I)c(OCc2ccccc2)c(I)c1. The van der Waals surface area contributed by atoms with E-state index in [9.17, 15) is 18.0 Å². The largest absolute Gasteiger partial charge is 0.487 e. The Bertz CT molecular complexity index is 1730. The fraction of sp³-hybridized carbons (Fsp3) is 0.0690. The number of aromatic nitrogens is 2. The van der Waals surface area contributed by atoms with Gasteiger partial charge in [-0.3, -0.25) is 4.79 Å². The second kappa shape index (κ2) is 11.5. The van der Waals surface area contributed by atoms with Crippen LogP contribution in [0.1, 0.15) is 16.7 Å². The number of fused-ring (bicyclic) bond motifs is 1. The first-order valence-electron chi connectivity index (χ1n) is 11.6. The van der Waals surface area contributed by atoms with Gasteiger partial charge in [-0.05, 0) is 92.7 Å². The van der Waals surface area contributed by atoms with Gasteiger partial charge >= 0.3 is 6.18 Å². The predicted octanol–water partition coefficient (Wildman–Crippen LogP) is 7.75. The highest BCUT2D eigenvalue weighted by molar-refractivity contribution is 14.1. The van der Waals surface area contributed by atoms with E-state index in [4.69, 9.17) is 4.74 Å². The molecular formula is C29H18F3I2N3O2. The van der Waals surface area contributed by atoms with Crippen molar-refractivity contribution in [3.63, 3.8) is 0 Å². The third kappa shape index (κ3) is 6.16. The molecule has 4 aromatic carbocycles. The summed E-state index contributed by atoms with van der Waals surface area (Å²) in [5.74, 6) is 0.736. The van der Waals surface area contributed by atoms with Gasteiger partial charge in [0.05, 0.1) is 29.8 Å². The summed E-state index contributed by atoms with van der Waals surface area (Å²) in [5.41, 5.74) is 0.889. The first-order valence-corrected chi connectivity index (χ1v) is 13.8. The summed E-state index contributed by atoms with van der Waals surface area (Å²) in [5, 5.41) is 4.69. The summed E-state index contributed by atoms with van der Waals surface area (Å²) < 4.78 is 49.0. The third-order valence-corrected chi connectivity index (χ3v) is 7.37. The van der Waals surface area contributed by atoms with Gasteiger partial charge in [0, 0.05) is 5.56 Å². The van der Waals surface area contributed by atoms with Gasteiger partial charge in [-0.2, -0.15) is 22.9 Å². The maximum absolute atomic E-state index is 13.4. The quantitative estimate of drug-likeness (QED) is 0.132. The van der Waals surface area contributed by atoms with E-state index in [0.29, 0.717) is 23.1 Å². The normalized spacial score (nSPS) is 11.8. The second-order valence-electron chi connectivity index (χ2n) is 8.48. The summed E-state index contributed by atoms with van der Waals surface area (Å²) in [7, 11) is 0. The minimum Gasteiger partial charge on any atom is -0.487 e. The molecule has 196 valence electrons. The Kier molecular flexibility index (Phi) is 8.03. The number of halogens is 5. The van der Waals surface area contributed by atoms with E-state index in [2.05, 4.69) is 55.3 Å². The Balaban J connectivity index is 1.54. The highest BCUT2D eigenvalue weighted by Gasteiger charge is 2.31. The molecule has 0 saturated heterocycles. The van der Waals surface area contributed by atoms with Crippen LogP contribution >= 0.6 is 45.2 Å². The number of rotatable bonds is 6. The predicted molar refractivity (Wildman–Crippen MR) is 162 cm³/mol. The van der Waals surface area contributed by atoms with Crippen molar-refractivity contribution in [2.45, 2.75) is 12.8 Å². The van der Waals surface area contributed by atoms with Gasteiger partial charge in [0.25, 0.3) is 5.56 Å². The fourth-order valence-electron chi connectivity index (χ4n) is 3.90. The molecule has 1 heterocycles. The molecule has 0 aliphatic heterocycles. The zero-order chi connectivity index (χ0) is 27.6. The molecule has 0 aliphatic carbocycles. The van der Waals surface area contributed by atoms with Gasteiger partial charge in [0.15, 0.2) is 5.82 Å². The Morgan fingerprint density at radius 1 is 0.897 bits per heavy atom. The van der Waals surface area contributed by atoms with Gasteiger partial charge in [0.1, 0.15) is 12.4 Å². The summed E-state index contributed by atoms with van der Waals surface area (Å²) in [4.78, 5) is 17.9. The molecule has 0 spiro atoms. The van der Waals surface area contributed by atoms with Crippen LogP contribution < -0.4 is 10.3 Å². The first-order chi connectivity index (χ1) is 18.7. The maximum atomic E-state index is 13.4. The number of hydrogen-bond donors (Lipinski definition) is 0. The third-order valence-electron chi connectivity index (χ3n) is 5.77. The Morgan fingerprint density at radius 2 is 1.59 bits per heavy atom. The average molecular weight is 751 g/mol. The van der Waals surface area contributed by atoms with Crippen LogP contribution in [0.25, 0.3) is 22.3 Å². The number of ether oxygens (including phenoxy) is 1. The fourth-order valence-corrected chi connectivity index (χ4v) is 6.03. The Morgan fingerprint density at radius 3 is 2.31 bits per heavy atom. The Labute approximate surface area is 248 Å². The van der Waals surface area contributed by atoms with Crippen LogP contribution in [0.4, 0.5) is 13.2 Å². The van der Waals surface area contributed by atoms with Crippen molar-refractivity contribution < 1.29 is 17.9 Å². The lowest BCUT2D eigenvalue weighted by atomic mass is 10.1. The first kappa shape index (κ1) is 27.3. The van der Waals surface area contributed by atoms with Gasteiger partial charge in [-0.25, -0.2) is 4.98 Å². The average Bonchev–Trinajstić information content (AvgIpc) is 2.92. The van der Waals surface area contributed by atoms with Crippen molar-refractivity contribution in [2.75, 3.05) is 0 Å². The summed E-state index contributed by atoms with van der Waals surface area (Å²) >= 11 is 4.35.